The van der Waals surface area contributed by atoms with Gasteiger partial charge in [0.2, 0.25) is 0 Å². The van der Waals surface area contributed by atoms with E-state index in [0.29, 0.717) is 12.4 Å². The third-order valence-electron chi connectivity index (χ3n) is 2.64. The van der Waals surface area contributed by atoms with Crippen molar-refractivity contribution < 1.29 is 14.9 Å². The van der Waals surface area contributed by atoms with Crippen molar-refractivity contribution in [2.75, 3.05) is 0 Å². The molecule has 94 valence electrons. The molecule has 0 amide bonds. The normalized spacial score (nSPS) is 10.3. The molecule has 2 N–H and O–H groups in total. The first kappa shape index (κ1) is 12.6. The lowest BCUT2D eigenvalue weighted by molar-refractivity contribution is 0.269. The molecule has 0 saturated carbocycles. The van der Waals surface area contributed by atoms with Gasteiger partial charge in [0, 0.05) is 0 Å². The number of rotatable bonds is 5. The van der Waals surface area contributed by atoms with Gasteiger partial charge in [-0.05, 0) is 28.8 Å². The van der Waals surface area contributed by atoms with Crippen molar-refractivity contribution in [3.05, 3.63) is 65.2 Å². The smallest absolute Gasteiger partial charge is 0.120 e. The topological polar surface area (TPSA) is 49.7 Å². The average Bonchev–Trinajstić information content (AvgIpc) is 2.45. The van der Waals surface area contributed by atoms with Crippen LogP contribution < -0.4 is 4.74 Å². The highest BCUT2D eigenvalue weighted by molar-refractivity contribution is 5.34. The molecule has 2 aromatic rings. The minimum Gasteiger partial charge on any atom is -0.489 e. The number of hydrogen-bond donors (Lipinski definition) is 2. The Balaban J connectivity index is 2.09. The molecule has 0 bridgehead atoms. The van der Waals surface area contributed by atoms with Gasteiger partial charge in [-0.15, -0.1) is 0 Å². The van der Waals surface area contributed by atoms with Crippen molar-refractivity contribution in [3.8, 4) is 5.75 Å². The Morgan fingerprint density at radius 1 is 0.778 bits per heavy atom. The van der Waals surface area contributed by atoms with Crippen LogP contribution in [0.3, 0.4) is 0 Å². The largest absolute Gasteiger partial charge is 0.489 e. The number of hydrogen-bond acceptors (Lipinski definition) is 3. The van der Waals surface area contributed by atoms with Gasteiger partial charge in [0.05, 0.1) is 13.2 Å². The molecule has 0 unspecified atom stereocenters. The van der Waals surface area contributed by atoms with Gasteiger partial charge in [-0.3, -0.25) is 0 Å². The van der Waals surface area contributed by atoms with E-state index in [1.165, 1.54) is 0 Å². The van der Waals surface area contributed by atoms with E-state index in [-0.39, 0.29) is 13.2 Å². The Kier molecular flexibility index (Phi) is 4.34. The van der Waals surface area contributed by atoms with E-state index in [2.05, 4.69) is 0 Å². The molecule has 0 fully saturated rings. The van der Waals surface area contributed by atoms with Crippen LogP contribution in [0, 0.1) is 0 Å². The molecular formula is C15H16O3. The molecule has 0 radical (unpaired) electrons. The predicted molar refractivity (Wildman–Crippen MR) is 69.1 cm³/mol. The lowest BCUT2D eigenvalue weighted by Gasteiger charge is -2.09. The first-order valence-electron chi connectivity index (χ1n) is 5.83. The minimum absolute atomic E-state index is 0.0600. The van der Waals surface area contributed by atoms with Crippen molar-refractivity contribution in [1.82, 2.24) is 0 Å². The van der Waals surface area contributed by atoms with Gasteiger partial charge in [0.1, 0.15) is 12.4 Å². The molecule has 0 aliphatic carbocycles. The number of benzene rings is 2. The zero-order chi connectivity index (χ0) is 12.8. The van der Waals surface area contributed by atoms with Gasteiger partial charge in [-0.1, -0.05) is 36.4 Å². The summed E-state index contributed by atoms with van der Waals surface area (Å²) in [5.74, 6) is 0.662. The Morgan fingerprint density at radius 2 is 1.39 bits per heavy atom. The summed E-state index contributed by atoms with van der Waals surface area (Å²) >= 11 is 0. The van der Waals surface area contributed by atoms with Crippen LogP contribution in [0.15, 0.2) is 48.5 Å². The molecule has 2 aromatic carbocycles. The Morgan fingerprint density at radius 3 is 1.94 bits per heavy atom. The van der Waals surface area contributed by atoms with Gasteiger partial charge in [0.15, 0.2) is 0 Å². The van der Waals surface area contributed by atoms with E-state index in [1.807, 2.05) is 30.3 Å². The lowest BCUT2D eigenvalue weighted by Crippen LogP contribution is -1.97. The second-order valence-corrected chi connectivity index (χ2v) is 4.08. The SMILES string of the molecule is OCc1cc(CO)cc(OCc2ccccc2)c1. The van der Waals surface area contributed by atoms with Crippen LogP contribution >= 0.6 is 0 Å². The van der Waals surface area contributed by atoms with E-state index in [1.54, 1.807) is 18.2 Å². The van der Waals surface area contributed by atoms with Crippen LogP contribution in [0.5, 0.6) is 5.75 Å². The molecular weight excluding hydrogens is 228 g/mol. The fraction of sp³-hybridized carbons (Fsp3) is 0.200. The van der Waals surface area contributed by atoms with Crippen molar-refractivity contribution >= 4 is 0 Å². The van der Waals surface area contributed by atoms with Crippen LogP contribution in [0.25, 0.3) is 0 Å². The van der Waals surface area contributed by atoms with Crippen LogP contribution in [0.2, 0.25) is 0 Å². The molecule has 0 aliphatic heterocycles. The lowest BCUT2D eigenvalue weighted by atomic mass is 10.1. The van der Waals surface area contributed by atoms with Gasteiger partial charge in [-0.2, -0.15) is 0 Å². The van der Waals surface area contributed by atoms with E-state index in [9.17, 15) is 0 Å². The Labute approximate surface area is 106 Å². The maximum absolute atomic E-state index is 9.13. The van der Waals surface area contributed by atoms with Gasteiger partial charge < -0.3 is 14.9 Å². The maximum atomic E-state index is 9.13. The summed E-state index contributed by atoms with van der Waals surface area (Å²) < 4.78 is 5.65. The summed E-state index contributed by atoms with van der Waals surface area (Å²) in [6.07, 6.45) is 0. The van der Waals surface area contributed by atoms with Crippen molar-refractivity contribution in [2.45, 2.75) is 19.8 Å². The molecule has 2 rings (SSSR count). The maximum Gasteiger partial charge on any atom is 0.120 e. The van der Waals surface area contributed by atoms with Crippen LogP contribution in [-0.2, 0) is 19.8 Å². The number of aliphatic hydroxyl groups excluding tert-OH is 2. The highest BCUT2D eigenvalue weighted by Crippen LogP contribution is 2.19. The van der Waals surface area contributed by atoms with Crippen molar-refractivity contribution in [1.29, 1.82) is 0 Å². The highest BCUT2D eigenvalue weighted by atomic mass is 16.5. The molecule has 0 aliphatic rings. The van der Waals surface area contributed by atoms with Crippen molar-refractivity contribution in [2.24, 2.45) is 0 Å². The summed E-state index contributed by atoms with van der Waals surface area (Å²) in [6.45, 7) is 0.353. The molecule has 0 aromatic heterocycles. The van der Waals surface area contributed by atoms with E-state index < -0.39 is 0 Å². The second-order valence-electron chi connectivity index (χ2n) is 4.08. The van der Waals surface area contributed by atoms with Crippen molar-refractivity contribution in [3.63, 3.8) is 0 Å². The Bertz CT molecular complexity index is 472. The first-order valence-corrected chi connectivity index (χ1v) is 5.83. The fourth-order valence-electron chi connectivity index (χ4n) is 1.74. The zero-order valence-electron chi connectivity index (χ0n) is 10.0. The quantitative estimate of drug-likeness (QED) is 0.848. The predicted octanol–water partition coefficient (Wildman–Crippen LogP) is 2.25. The molecule has 3 nitrogen and oxygen atoms in total. The average molecular weight is 244 g/mol. The summed E-state index contributed by atoms with van der Waals surface area (Å²) in [7, 11) is 0. The highest BCUT2D eigenvalue weighted by Gasteiger charge is 2.01. The molecule has 0 heterocycles. The summed E-state index contributed by atoms with van der Waals surface area (Å²) in [4.78, 5) is 0. The van der Waals surface area contributed by atoms with E-state index in [4.69, 9.17) is 14.9 Å². The zero-order valence-corrected chi connectivity index (χ0v) is 10.0. The molecule has 0 saturated heterocycles. The van der Waals surface area contributed by atoms with E-state index >= 15 is 0 Å². The molecule has 0 atom stereocenters. The van der Waals surface area contributed by atoms with Gasteiger partial charge >= 0.3 is 0 Å². The fourth-order valence-corrected chi connectivity index (χ4v) is 1.74. The van der Waals surface area contributed by atoms with Crippen LogP contribution in [0.1, 0.15) is 16.7 Å². The third-order valence-corrected chi connectivity index (χ3v) is 2.64. The number of aliphatic hydroxyl groups is 2. The van der Waals surface area contributed by atoms with E-state index in [0.717, 1.165) is 16.7 Å². The minimum atomic E-state index is -0.0600. The summed E-state index contributed by atoms with van der Waals surface area (Å²) in [6, 6.07) is 15.2. The Hall–Kier alpha value is -1.84. The van der Waals surface area contributed by atoms with Gasteiger partial charge in [-0.25, -0.2) is 0 Å². The monoisotopic (exact) mass is 244 g/mol. The summed E-state index contributed by atoms with van der Waals surface area (Å²) in [5.41, 5.74) is 2.56. The molecule has 3 heteroatoms. The van der Waals surface area contributed by atoms with Gasteiger partial charge in [0.25, 0.3) is 0 Å². The number of ether oxygens (including phenoxy) is 1. The summed E-state index contributed by atoms with van der Waals surface area (Å²) in [5, 5.41) is 18.3. The third kappa shape index (κ3) is 3.32. The van der Waals surface area contributed by atoms with Crippen LogP contribution in [-0.4, -0.2) is 10.2 Å². The molecule has 0 spiro atoms. The molecule has 18 heavy (non-hydrogen) atoms. The van der Waals surface area contributed by atoms with Crippen LogP contribution in [0.4, 0.5) is 0 Å². The second kappa shape index (κ2) is 6.19. The first-order chi connectivity index (χ1) is 8.81. The standard InChI is InChI=1S/C15H16O3/c16-9-13-6-14(10-17)8-15(7-13)18-11-12-4-2-1-3-5-12/h1-8,16-17H,9-11H2.